The molecule has 0 saturated heterocycles. The Morgan fingerprint density at radius 2 is 0.875 bits per heavy atom. The summed E-state index contributed by atoms with van der Waals surface area (Å²) in [6.07, 6.45) is 24.8. The number of nitro benzene ring substituents is 1. The number of benzene rings is 7. The zero-order valence-corrected chi connectivity index (χ0v) is 42.4. The second-order valence-corrected chi connectivity index (χ2v) is 21.0. The SMILES string of the molecule is CCCCCCCCCCCCN(CCCCCCCCCCCC)c1cc([N+](=O)[O-])c2nc3c4ccc5c6ccc7c8c(ccc(c9ccc(c(=O)n3c2c1)c4c95)c68)c(=O)n1c2cc(C)cc(N)c2nc71. The molecule has 0 unspecified atom stereocenters. The minimum atomic E-state index is -0.332. The number of pyridine rings is 2. The second-order valence-electron chi connectivity index (χ2n) is 21.0. The number of anilines is 2. The number of hydrogen-bond acceptors (Lipinski definition) is 8. The summed E-state index contributed by atoms with van der Waals surface area (Å²) in [4.78, 5) is 54.7. The Morgan fingerprint density at radius 1 is 0.500 bits per heavy atom. The van der Waals surface area contributed by atoms with E-state index in [9.17, 15) is 14.9 Å². The minimum Gasteiger partial charge on any atom is -0.397 e. The average Bonchev–Trinajstić information content (AvgIpc) is 3.97. The van der Waals surface area contributed by atoms with Gasteiger partial charge in [0.2, 0.25) is 0 Å². The lowest BCUT2D eigenvalue weighted by atomic mass is 9.86. The normalized spacial score (nSPS) is 12.5. The van der Waals surface area contributed by atoms with E-state index in [-0.39, 0.29) is 27.2 Å². The van der Waals surface area contributed by atoms with Crippen molar-refractivity contribution >= 4 is 115 Å². The fourth-order valence-electron chi connectivity index (χ4n) is 12.4. The van der Waals surface area contributed by atoms with Gasteiger partial charge in [-0.15, -0.1) is 0 Å². The smallest absolute Gasteiger partial charge is 0.299 e. The number of nitrogen functional groups attached to an aromatic ring is 1. The third-order valence-electron chi connectivity index (χ3n) is 16.0. The first-order chi connectivity index (χ1) is 35.2. The molecule has 370 valence electrons. The van der Waals surface area contributed by atoms with Gasteiger partial charge in [-0.1, -0.05) is 154 Å². The first-order valence-corrected chi connectivity index (χ1v) is 27.2. The van der Waals surface area contributed by atoms with Crippen LogP contribution in [0.25, 0.3) is 98.0 Å². The number of nitrogens with two attached hydrogens (primary N) is 1. The average molecular weight is 962 g/mol. The van der Waals surface area contributed by atoms with Crippen molar-refractivity contribution in [3.63, 3.8) is 0 Å². The highest BCUT2D eigenvalue weighted by Crippen LogP contribution is 2.46. The minimum absolute atomic E-state index is 0.0818. The molecule has 0 bridgehead atoms. The quantitative estimate of drug-likeness (QED) is 0.0158. The number of aromatic nitrogens is 4. The summed E-state index contributed by atoms with van der Waals surface area (Å²) in [5.41, 5.74) is 11.2. The first kappa shape index (κ1) is 47.4. The topological polar surface area (TPSA) is 141 Å². The number of fused-ring (bicyclic) bond motifs is 10. The second kappa shape index (κ2) is 20.0. The molecule has 0 aliphatic heterocycles. The molecule has 72 heavy (non-hydrogen) atoms. The van der Waals surface area contributed by atoms with Gasteiger partial charge < -0.3 is 10.6 Å². The van der Waals surface area contributed by atoms with E-state index in [4.69, 9.17) is 15.7 Å². The van der Waals surface area contributed by atoms with Gasteiger partial charge in [-0.3, -0.25) is 28.5 Å². The van der Waals surface area contributed by atoms with Crippen molar-refractivity contribution in [1.82, 2.24) is 18.8 Å². The van der Waals surface area contributed by atoms with Gasteiger partial charge in [-0.25, -0.2) is 9.97 Å². The molecule has 11 heteroatoms. The molecular formula is C61H67N7O4. The van der Waals surface area contributed by atoms with E-state index in [1.807, 2.05) is 55.5 Å². The summed E-state index contributed by atoms with van der Waals surface area (Å²) in [7, 11) is 0. The van der Waals surface area contributed by atoms with Crippen molar-refractivity contribution in [3.8, 4) is 0 Å². The van der Waals surface area contributed by atoms with Gasteiger partial charge in [0, 0.05) is 57.2 Å². The molecule has 11 nitrogen and oxygen atoms in total. The van der Waals surface area contributed by atoms with Crippen molar-refractivity contribution in [3.05, 3.63) is 109 Å². The number of hydrogen-bond donors (Lipinski definition) is 1. The van der Waals surface area contributed by atoms with E-state index in [2.05, 4.69) is 36.9 Å². The molecule has 11 rings (SSSR count). The Morgan fingerprint density at radius 3 is 1.32 bits per heavy atom. The lowest BCUT2D eigenvalue weighted by Crippen LogP contribution is -2.26. The molecule has 0 saturated carbocycles. The lowest BCUT2D eigenvalue weighted by Gasteiger charge is -2.25. The largest absolute Gasteiger partial charge is 0.397 e. The molecule has 4 heterocycles. The van der Waals surface area contributed by atoms with Crippen LogP contribution in [0, 0.1) is 17.0 Å². The van der Waals surface area contributed by atoms with Gasteiger partial charge in [0.1, 0.15) is 16.8 Å². The van der Waals surface area contributed by atoms with Crippen LogP contribution < -0.4 is 21.8 Å². The number of nitrogens with zero attached hydrogens (tertiary/aromatic N) is 6. The first-order valence-electron chi connectivity index (χ1n) is 27.2. The molecule has 11 aromatic rings. The molecule has 0 aliphatic carbocycles. The van der Waals surface area contributed by atoms with Crippen LogP contribution in [0.1, 0.15) is 148 Å². The predicted octanol–water partition coefficient (Wildman–Crippen LogP) is 15.7. The number of unbranched alkanes of at least 4 members (excludes halogenated alkanes) is 18. The summed E-state index contributed by atoms with van der Waals surface area (Å²) < 4.78 is 3.32. The highest BCUT2D eigenvalue weighted by atomic mass is 16.6. The van der Waals surface area contributed by atoms with E-state index in [1.165, 1.54) is 103 Å². The highest BCUT2D eigenvalue weighted by molar-refractivity contribution is 6.40. The van der Waals surface area contributed by atoms with Crippen LogP contribution in [0.3, 0.4) is 0 Å². The van der Waals surface area contributed by atoms with E-state index >= 15 is 4.79 Å². The van der Waals surface area contributed by atoms with Crippen LogP contribution in [0.2, 0.25) is 0 Å². The van der Waals surface area contributed by atoms with Crippen LogP contribution >= 0.6 is 0 Å². The summed E-state index contributed by atoms with van der Waals surface area (Å²) in [5, 5.41) is 23.2. The third-order valence-corrected chi connectivity index (χ3v) is 16.0. The van der Waals surface area contributed by atoms with Crippen molar-refractivity contribution in [2.75, 3.05) is 23.7 Å². The van der Waals surface area contributed by atoms with Crippen LogP contribution in [0.4, 0.5) is 17.1 Å². The predicted molar refractivity (Wildman–Crippen MR) is 302 cm³/mol. The van der Waals surface area contributed by atoms with Gasteiger partial charge in [0.15, 0.2) is 5.52 Å². The van der Waals surface area contributed by atoms with Crippen LogP contribution in [0.5, 0.6) is 0 Å². The molecule has 0 aliphatic rings. The summed E-state index contributed by atoms with van der Waals surface area (Å²) in [6, 6.07) is 23.7. The molecule has 0 radical (unpaired) electrons. The number of non-ortho nitro benzene ring substituents is 1. The standard InChI is InChI=1S/C61H67N7O4/c1-4-6-8-10-12-14-16-18-20-22-32-65(33-23-21-19-17-15-13-11-9-7-5-2)39-36-50-57(51(37-39)68(71)72)64-59-45-29-25-41-40-24-28-44-54-46(60(69)66-49-35-38(3)34-48(62)56(49)63-58(44)66)30-26-42(52(40)54)43-27-31-47(55(45)53(41)43)61(70)67(50)59/h24-31,34-37H,4-23,32-33,62H2,1-3H3. The Bertz CT molecular complexity index is 3890. The Balaban J connectivity index is 0.984. The molecule has 0 fully saturated rings. The molecular weight excluding hydrogens is 895 g/mol. The van der Waals surface area contributed by atoms with E-state index in [0.717, 1.165) is 104 Å². The van der Waals surface area contributed by atoms with Crippen LogP contribution in [-0.2, 0) is 0 Å². The van der Waals surface area contributed by atoms with Crippen LogP contribution in [0.15, 0.2) is 82.4 Å². The Labute approximate surface area is 419 Å². The lowest BCUT2D eigenvalue weighted by molar-refractivity contribution is -0.383. The molecule has 2 N–H and O–H groups in total. The van der Waals surface area contributed by atoms with Crippen molar-refractivity contribution in [2.24, 2.45) is 0 Å². The Kier molecular flexibility index (Phi) is 13.2. The van der Waals surface area contributed by atoms with Crippen molar-refractivity contribution < 1.29 is 4.92 Å². The van der Waals surface area contributed by atoms with Crippen molar-refractivity contribution in [2.45, 2.75) is 149 Å². The van der Waals surface area contributed by atoms with Gasteiger partial charge in [-0.05, 0) is 100 Å². The fourth-order valence-corrected chi connectivity index (χ4v) is 12.4. The number of rotatable bonds is 24. The summed E-state index contributed by atoms with van der Waals surface area (Å²) >= 11 is 0. The maximum absolute atomic E-state index is 15.1. The monoisotopic (exact) mass is 962 g/mol. The third kappa shape index (κ3) is 8.13. The zero-order chi connectivity index (χ0) is 49.6. The Hall–Kier alpha value is -6.88. The number of nitro groups is 1. The van der Waals surface area contributed by atoms with E-state index < -0.39 is 0 Å². The maximum Gasteiger partial charge on any atom is 0.299 e. The molecule has 7 aromatic carbocycles. The zero-order valence-electron chi connectivity index (χ0n) is 42.4. The van der Waals surface area contributed by atoms with Crippen LogP contribution in [-0.4, -0.2) is 36.8 Å². The van der Waals surface area contributed by atoms with Gasteiger partial charge >= 0.3 is 0 Å². The molecule has 0 spiro atoms. The van der Waals surface area contributed by atoms with Gasteiger partial charge in [0.25, 0.3) is 16.8 Å². The van der Waals surface area contributed by atoms with Crippen molar-refractivity contribution in [1.29, 1.82) is 0 Å². The molecule has 0 atom stereocenters. The summed E-state index contributed by atoms with van der Waals surface area (Å²) in [6.45, 7) is 8.09. The molecule has 0 amide bonds. The number of aryl methyl sites for hydroxylation is 1. The van der Waals surface area contributed by atoms with Gasteiger partial charge in [-0.2, -0.15) is 0 Å². The van der Waals surface area contributed by atoms with Gasteiger partial charge in [0.05, 0.1) is 21.6 Å². The maximum atomic E-state index is 15.1. The highest BCUT2D eigenvalue weighted by Gasteiger charge is 2.27. The summed E-state index contributed by atoms with van der Waals surface area (Å²) in [5.74, 6) is 0. The fraction of sp³-hybridized carbons (Fsp3) is 0.410. The van der Waals surface area contributed by atoms with E-state index in [0.29, 0.717) is 44.3 Å². The van der Waals surface area contributed by atoms with E-state index in [1.54, 1.807) is 14.9 Å². The molecule has 4 aromatic heterocycles. The number of imidazole rings is 2.